The van der Waals surface area contributed by atoms with E-state index >= 15 is 0 Å². The molecule has 4 rings (SSSR count). The smallest absolute Gasteiger partial charge is 0.0369 e. The van der Waals surface area contributed by atoms with Crippen LogP contribution >= 0.6 is 0 Å². The first-order valence-corrected chi connectivity index (χ1v) is 12.2. The van der Waals surface area contributed by atoms with E-state index in [4.69, 9.17) is 0 Å². The van der Waals surface area contributed by atoms with E-state index in [-0.39, 0.29) is 5.41 Å². The summed E-state index contributed by atoms with van der Waals surface area (Å²) >= 11 is 0. The quantitative estimate of drug-likeness (QED) is 0.597. The summed E-state index contributed by atoms with van der Waals surface area (Å²) in [6.45, 7) is 16.2. The highest BCUT2D eigenvalue weighted by Gasteiger charge is 2.28. The summed E-state index contributed by atoms with van der Waals surface area (Å²) in [7, 11) is 2.27. The summed E-state index contributed by atoms with van der Waals surface area (Å²) in [6.07, 6.45) is 2.61. The van der Waals surface area contributed by atoms with Gasteiger partial charge in [0.15, 0.2) is 0 Å². The number of piperazine rings is 1. The number of likely N-dealkylation sites (tertiary alicyclic amines) is 1. The first kappa shape index (κ1) is 22.4. The molecule has 2 fully saturated rings. The van der Waals surface area contributed by atoms with Crippen LogP contribution in [0.25, 0.3) is 0 Å². The fraction of sp³-hybridized carbons (Fsp3) is 0.571. The van der Waals surface area contributed by atoms with Gasteiger partial charge in [-0.05, 0) is 61.2 Å². The van der Waals surface area contributed by atoms with Crippen LogP contribution < -0.4 is 4.90 Å². The molecule has 2 aliphatic heterocycles. The number of benzene rings is 2. The Labute approximate surface area is 190 Å². The van der Waals surface area contributed by atoms with Crippen molar-refractivity contribution in [1.82, 2.24) is 9.80 Å². The van der Waals surface area contributed by atoms with Crippen molar-refractivity contribution in [3.63, 3.8) is 0 Å². The topological polar surface area (TPSA) is 9.72 Å². The highest BCUT2D eigenvalue weighted by molar-refractivity contribution is 5.49. The molecule has 0 saturated carbocycles. The van der Waals surface area contributed by atoms with Crippen molar-refractivity contribution >= 4 is 5.69 Å². The molecule has 0 spiro atoms. The standard InChI is InChI=1S/C28H41N3/c1-22(2)23-9-7-12-26(20-23)31-17-15-30(16-18-31)21-28(3,4)25-11-6-10-24(19-25)27-13-8-14-29(27)5/h6-7,9-12,19-20,22,27H,8,13-18,21H2,1-5H3. The molecule has 2 aromatic carbocycles. The van der Waals surface area contributed by atoms with Crippen molar-refractivity contribution in [1.29, 1.82) is 0 Å². The molecule has 2 saturated heterocycles. The molecule has 0 N–H and O–H groups in total. The minimum atomic E-state index is 0.160. The number of rotatable bonds is 6. The van der Waals surface area contributed by atoms with E-state index in [1.807, 2.05) is 0 Å². The van der Waals surface area contributed by atoms with Gasteiger partial charge in [0.1, 0.15) is 0 Å². The largest absolute Gasteiger partial charge is 0.369 e. The maximum atomic E-state index is 2.66. The second-order valence-corrected chi connectivity index (χ2v) is 10.7. The maximum Gasteiger partial charge on any atom is 0.0369 e. The van der Waals surface area contributed by atoms with Crippen LogP contribution in [0.4, 0.5) is 5.69 Å². The van der Waals surface area contributed by atoms with E-state index in [0.717, 1.165) is 32.7 Å². The maximum absolute atomic E-state index is 2.66. The highest BCUT2D eigenvalue weighted by Crippen LogP contribution is 2.33. The summed E-state index contributed by atoms with van der Waals surface area (Å²) in [5.41, 5.74) is 5.97. The third kappa shape index (κ3) is 5.15. The van der Waals surface area contributed by atoms with E-state index in [0.29, 0.717) is 12.0 Å². The molecule has 0 radical (unpaired) electrons. The summed E-state index contributed by atoms with van der Waals surface area (Å²) in [4.78, 5) is 7.74. The lowest BCUT2D eigenvalue weighted by molar-refractivity contribution is 0.212. The molecule has 0 bridgehead atoms. The summed E-state index contributed by atoms with van der Waals surface area (Å²) in [5, 5.41) is 0. The Morgan fingerprint density at radius 3 is 2.35 bits per heavy atom. The molecule has 2 aromatic rings. The van der Waals surface area contributed by atoms with Crippen LogP contribution in [0.2, 0.25) is 0 Å². The van der Waals surface area contributed by atoms with Gasteiger partial charge in [0.25, 0.3) is 0 Å². The van der Waals surface area contributed by atoms with E-state index in [1.165, 1.54) is 41.8 Å². The van der Waals surface area contributed by atoms with E-state index in [2.05, 4.69) is 98.0 Å². The minimum absolute atomic E-state index is 0.160. The molecule has 0 aliphatic carbocycles. The zero-order valence-electron chi connectivity index (χ0n) is 20.3. The normalized spacial score (nSPS) is 21.2. The molecule has 31 heavy (non-hydrogen) atoms. The minimum Gasteiger partial charge on any atom is -0.369 e. The van der Waals surface area contributed by atoms with Crippen LogP contribution in [0.15, 0.2) is 48.5 Å². The molecular formula is C28H41N3. The zero-order chi connectivity index (χ0) is 22.0. The fourth-order valence-electron chi connectivity index (χ4n) is 5.39. The van der Waals surface area contributed by atoms with Crippen LogP contribution in [0.5, 0.6) is 0 Å². The predicted molar refractivity (Wildman–Crippen MR) is 133 cm³/mol. The van der Waals surface area contributed by atoms with Crippen LogP contribution in [0.3, 0.4) is 0 Å². The first-order valence-electron chi connectivity index (χ1n) is 12.2. The van der Waals surface area contributed by atoms with Gasteiger partial charge in [0.05, 0.1) is 0 Å². The fourth-order valence-corrected chi connectivity index (χ4v) is 5.39. The molecule has 1 unspecified atom stereocenters. The monoisotopic (exact) mass is 419 g/mol. The van der Waals surface area contributed by atoms with E-state index in [9.17, 15) is 0 Å². The molecule has 168 valence electrons. The molecule has 3 nitrogen and oxygen atoms in total. The second kappa shape index (κ2) is 9.34. The summed E-state index contributed by atoms with van der Waals surface area (Å²) < 4.78 is 0. The molecule has 2 aliphatic rings. The van der Waals surface area contributed by atoms with Gasteiger partial charge >= 0.3 is 0 Å². The SMILES string of the molecule is CC(C)c1cccc(N2CCN(CC(C)(C)c3cccc(C4CCCN4C)c3)CC2)c1. The lowest BCUT2D eigenvalue weighted by Gasteiger charge is -2.40. The Hall–Kier alpha value is -1.84. The van der Waals surface area contributed by atoms with Crippen LogP contribution in [-0.2, 0) is 5.41 Å². The molecule has 2 heterocycles. The lowest BCUT2D eigenvalue weighted by Crippen LogP contribution is -2.50. The average molecular weight is 420 g/mol. The summed E-state index contributed by atoms with van der Waals surface area (Å²) in [6, 6.07) is 19.2. The summed E-state index contributed by atoms with van der Waals surface area (Å²) in [5.74, 6) is 0.585. The van der Waals surface area contributed by atoms with Gasteiger partial charge in [-0.15, -0.1) is 0 Å². The third-order valence-corrected chi connectivity index (χ3v) is 7.47. The van der Waals surface area contributed by atoms with E-state index < -0.39 is 0 Å². The molecule has 3 heteroatoms. The molecule has 0 amide bonds. The van der Waals surface area contributed by atoms with Crippen LogP contribution in [0, 0.1) is 0 Å². The number of nitrogens with zero attached hydrogens (tertiary/aromatic N) is 3. The molecule has 0 aromatic heterocycles. The second-order valence-electron chi connectivity index (χ2n) is 10.7. The Morgan fingerprint density at radius 2 is 1.68 bits per heavy atom. The van der Waals surface area contributed by atoms with Gasteiger partial charge in [-0.1, -0.05) is 64.1 Å². The van der Waals surface area contributed by atoms with Crippen molar-refractivity contribution in [2.75, 3.05) is 51.2 Å². The molecular weight excluding hydrogens is 378 g/mol. The third-order valence-electron chi connectivity index (χ3n) is 7.47. The van der Waals surface area contributed by atoms with Gasteiger partial charge in [-0.3, -0.25) is 9.80 Å². The highest BCUT2D eigenvalue weighted by atomic mass is 15.3. The van der Waals surface area contributed by atoms with Crippen LogP contribution in [-0.4, -0.2) is 56.1 Å². The Morgan fingerprint density at radius 1 is 0.935 bits per heavy atom. The Kier molecular flexibility index (Phi) is 6.74. The number of anilines is 1. The van der Waals surface area contributed by atoms with Gasteiger partial charge in [-0.2, -0.15) is 0 Å². The zero-order valence-corrected chi connectivity index (χ0v) is 20.3. The van der Waals surface area contributed by atoms with Crippen molar-refractivity contribution in [3.05, 3.63) is 65.2 Å². The van der Waals surface area contributed by atoms with Gasteiger partial charge in [0, 0.05) is 49.9 Å². The van der Waals surface area contributed by atoms with Crippen molar-refractivity contribution in [2.24, 2.45) is 0 Å². The Balaban J connectivity index is 1.38. The van der Waals surface area contributed by atoms with Crippen LogP contribution in [0.1, 0.15) is 69.2 Å². The van der Waals surface area contributed by atoms with Gasteiger partial charge in [0.2, 0.25) is 0 Å². The van der Waals surface area contributed by atoms with E-state index in [1.54, 1.807) is 0 Å². The first-order chi connectivity index (χ1) is 14.8. The van der Waals surface area contributed by atoms with Gasteiger partial charge < -0.3 is 4.90 Å². The average Bonchev–Trinajstić information content (AvgIpc) is 3.20. The lowest BCUT2D eigenvalue weighted by atomic mass is 9.82. The predicted octanol–water partition coefficient (Wildman–Crippen LogP) is 5.68. The van der Waals surface area contributed by atoms with Crippen molar-refractivity contribution in [2.45, 2.75) is 57.9 Å². The van der Waals surface area contributed by atoms with Crippen molar-refractivity contribution < 1.29 is 0 Å². The number of hydrogen-bond donors (Lipinski definition) is 0. The number of hydrogen-bond acceptors (Lipinski definition) is 3. The molecule has 1 atom stereocenters. The Bertz CT molecular complexity index is 864. The van der Waals surface area contributed by atoms with Crippen molar-refractivity contribution in [3.8, 4) is 0 Å². The van der Waals surface area contributed by atoms with Gasteiger partial charge in [-0.25, -0.2) is 0 Å².